The minimum absolute atomic E-state index is 0.0654. The molecule has 0 saturated heterocycles. The van der Waals surface area contributed by atoms with E-state index in [1.165, 1.54) is 6.07 Å². The number of amides is 1. The van der Waals surface area contributed by atoms with Gasteiger partial charge in [0.05, 0.1) is 5.56 Å². The van der Waals surface area contributed by atoms with E-state index >= 15 is 0 Å². The molecule has 1 aromatic rings. The van der Waals surface area contributed by atoms with Crippen LogP contribution in [0.15, 0.2) is 18.2 Å². The minimum Gasteiger partial charge on any atom is -0.339 e. The van der Waals surface area contributed by atoms with Crippen LogP contribution in [0, 0.1) is 11.6 Å². The van der Waals surface area contributed by atoms with Crippen molar-refractivity contribution in [1.29, 1.82) is 0 Å². The molecule has 0 atom stereocenters. The van der Waals surface area contributed by atoms with Crippen molar-refractivity contribution in [3.05, 3.63) is 35.4 Å². The molecule has 1 aromatic carbocycles. The molecule has 0 N–H and O–H groups in total. The summed E-state index contributed by atoms with van der Waals surface area (Å²) in [7, 11) is 0. The molecular weight excluding hydrogens is 224 g/mol. The van der Waals surface area contributed by atoms with Crippen molar-refractivity contribution in [1.82, 2.24) is 4.90 Å². The van der Waals surface area contributed by atoms with E-state index in [-0.39, 0.29) is 11.5 Å². The molecular formula is C13H17F2NO. The summed E-state index contributed by atoms with van der Waals surface area (Å²) >= 11 is 0. The summed E-state index contributed by atoms with van der Waals surface area (Å²) in [6.07, 6.45) is 1.85. The molecule has 0 saturated carbocycles. The van der Waals surface area contributed by atoms with E-state index in [0.717, 1.165) is 25.0 Å². The number of carbonyl (C=O) groups is 1. The molecule has 0 radical (unpaired) electrons. The Morgan fingerprint density at radius 1 is 1.29 bits per heavy atom. The maximum atomic E-state index is 13.4. The summed E-state index contributed by atoms with van der Waals surface area (Å²) in [6.45, 7) is 4.99. The second-order valence-electron chi connectivity index (χ2n) is 3.86. The first-order chi connectivity index (χ1) is 8.10. The number of halogens is 2. The first kappa shape index (κ1) is 13.6. The second kappa shape index (κ2) is 6.33. The Bertz CT molecular complexity index is 393. The molecule has 17 heavy (non-hydrogen) atoms. The summed E-state index contributed by atoms with van der Waals surface area (Å²) in [5, 5.41) is 0. The first-order valence-corrected chi connectivity index (χ1v) is 5.84. The van der Waals surface area contributed by atoms with Crippen molar-refractivity contribution in [2.45, 2.75) is 26.7 Å². The van der Waals surface area contributed by atoms with Crippen molar-refractivity contribution in [2.75, 3.05) is 13.1 Å². The molecule has 0 bridgehead atoms. The fourth-order valence-electron chi connectivity index (χ4n) is 1.59. The normalized spacial score (nSPS) is 10.4. The number of carbonyl (C=O) groups excluding carboxylic acids is 1. The maximum Gasteiger partial charge on any atom is 0.256 e. The van der Waals surface area contributed by atoms with E-state index < -0.39 is 11.6 Å². The molecule has 0 aliphatic carbocycles. The minimum atomic E-state index is -0.801. The third kappa shape index (κ3) is 3.51. The Kier molecular flexibility index (Phi) is 5.07. The van der Waals surface area contributed by atoms with Crippen molar-refractivity contribution in [3.8, 4) is 0 Å². The van der Waals surface area contributed by atoms with E-state index in [1.54, 1.807) is 4.90 Å². The highest BCUT2D eigenvalue weighted by Gasteiger charge is 2.17. The van der Waals surface area contributed by atoms with E-state index in [0.29, 0.717) is 13.1 Å². The van der Waals surface area contributed by atoms with E-state index in [1.807, 2.05) is 13.8 Å². The zero-order valence-corrected chi connectivity index (χ0v) is 10.2. The number of unbranched alkanes of at least 4 members (excludes halogenated alkanes) is 1. The van der Waals surface area contributed by atoms with Crippen LogP contribution in [-0.2, 0) is 0 Å². The smallest absolute Gasteiger partial charge is 0.256 e. The quantitative estimate of drug-likeness (QED) is 0.775. The highest BCUT2D eigenvalue weighted by Crippen LogP contribution is 2.12. The molecule has 0 aliphatic rings. The van der Waals surface area contributed by atoms with Gasteiger partial charge in [-0.3, -0.25) is 4.79 Å². The van der Waals surface area contributed by atoms with Gasteiger partial charge >= 0.3 is 0 Å². The lowest BCUT2D eigenvalue weighted by Crippen LogP contribution is -2.32. The van der Waals surface area contributed by atoms with E-state index in [2.05, 4.69) is 0 Å². The van der Waals surface area contributed by atoms with Gasteiger partial charge in [0.15, 0.2) is 0 Å². The summed E-state index contributed by atoms with van der Waals surface area (Å²) in [6, 6.07) is 3.03. The molecule has 2 nitrogen and oxygen atoms in total. The number of benzene rings is 1. The fourth-order valence-corrected chi connectivity index (χ4v) is 1.59. The largest absolute Gasteiger partial charge is 0.339 e. The van der Waals surface area contributed by atoms with Gasteiger partial charge in [-0.05, 0) is 25.5 Å². The Morgan fingerprint density at radius 3 is 2.53 bits per heavy atom. The standard InChI is InChI=1S/C13H17F2NO/c1-3-5-8-16(4-2)13(17)11-7-6-10(14)9-12(11)15/h6-7,9H,3-5,8H2,1-2H3. The van der Waals surface area contributed by atoms with Crippen LogP contribution in [0.2, 0.25) is 0 Å². The van der Waals surface area contributed by atoms with E-state index in [9.17, 15) is 13.6 Å². The fraction of sp³-hybridized carbons (Fsp3) is 0.462. The molecule has 1 amide bonds. The molecule has 0 unspecified atom stereocenters. The molecule has 0 aromatic heterocycles. The molecule has 1 rings (SSSR count). The number of rotatable bonds is 5. The van der Waals surface area contributed by atoms with Gasteiger partial charge in [0.25, 0.3) is 5.91 Å². The van der Waals surface area contributed by atoms with Gasteiger partial charge in [0, 0.05) is 19.2 Å². The van der Waals surface area contributed by atoms with Crippen molar-refractivity contribution >= 4 is 5.91 Å². The third-order valence-corrected chi connectivity index (χ3v) is 2.61. The highest BCUT2D eigenvalue weighted by molar-refractivity contribution is 5.94. The van der Waals surface area contributed by atoms with Crippen LogP contribution in [0.4, 0.5) is 8.78 Å². The topological polar surface area (TPSA) is 20.3 Å². The lowest BCUT2D eigenvalue weighted by molar-refractivity contribution is 0.0757. The Morgan fingerprint density at radius 2 is 2.00 bits per heavy atom. The first-order valence-electron chi connectivity index (χ1n) is 5.84. The van der Waals surface area contributed by atoms with Crippen molar-refractivity contribution < 1.29 is 13.6 Å². The highest BCUT2D eigenvalue weighted by atomic mass is 19.1. The number of hydrogen-bond acceptors (Lipinski definition) is 1. The summed E-state index contributed by atoms with van der Waals surface area (Å²) in [5.41, 5.74) is -0.0654. The predicted molar refractivity (Wildman–Crippen MR) is 62.8 cm³/mol. The van der Waals surface area contributed by atoms with Gasteiger partial charge < -0.3 is 4.90 Å². The average Bonchev–Trinajstić information content (AvgIpc) is 2.29. The van der Waals surface area contributed by atoms with Gasteiger partial charge in [-0.1, -0.05) is 13.3 Å². The third-order valence-electron chi connectivity index (χ3n) is 2.61. The summed E-state index contributed by atoms with van der Waals surface area (Å²) in [5.74, 6) is -1.85. The Labute approximate surface area is 100 Å². The molecule has 0 aliphatic heterocycles. The molecule has 0 fully saturated rings. The van der Waals surface area contributed by atoms with Crippen LogP contribution in [0.5, 0.6) is 0 Å². The van der Waals surface area contributed by atoms with Crippen LogP contribution in [0.1, 0.15) is 37.0 Å². The summed E-state index contributed by atoms with van der Waals surface area (Å²) in [4.78, 5) is 13.5. The SMILES string of the molecule is CCCCN(CC)C(=O)c1ccc(F)cc1F. The van der Waals surface area contributed by atoms with Crippen molar-refractivity contribution in [2.24, 2.45) is 0 Å². The second-order valence-corrected chi connectivity index (χ2v) is 3.86. The number of nitrogens with zero attached hydrogens (tertiary/aromatic N) is 1. The van der Waals surface area contributed by atoms with Gasteiger partial charge in [-0.25, -0.2) is 8.78 Å². The summed E-state index contributed by atoms with van der Waals surface area (Å²) < 4.78 is 26.2. The zero-order chi connectivity index (χ0) is 12.8. The average molecular weight is 241 g/mol. The lowest BCUT2D eigenvalue weighted by Gasteiger charge is -2.20. The zero-order valence-electron chi connectivity index (χ0n) is 10.2. The Balaban J connectivity index is 2.86. The van der Waals surface area contributed by atoms with Gasteiger partial charge in [0.2, 0.25) is 0 Å². The number of hydrogen-bond donors (Lipinski definition) is 0. The van der Waals surface area contributed by atoms with Crippen LogP contribution in [0.3, 0.4) is 0 Å². The monoisotopic (exact) mass is 241 g/mol. The molecule has 0 spiro atoms. The van der Waals surface area contributed by atoms with Crippen LogP contribution >= 0.6 is 0 Å². The van der Waals surface area contributed by atoms with Gasteiger partial charge in [-0.2, -0.15) is 0 Å². The lowest BCUT2D eigenvalue weighted by atomic mass is 10.1. The molecule has 4 heteroatoms. The van der Waals surface area contributed by atoms with Crippen LogP contribution < -0.4 is 0 Å². The molecule has 0 heterocycles. The Hall–Kier alpha value is -1.45. The van der Waals surface area contributed by atoms with E-state index in [4.69, 9.17) is 0 Å². The van der Waals surface area contributed by atoms with Crippen molar-refractivity contribution in [3.63, 3.8) is 0 Å². The van der Waals surface area contributed by atoms with Crippen LogP contribution in [-0.4, -0.2) is 23.9 Å². The molecule has 94 valence electrons. The van der Waals surface area contributed by atoms with Gasteiger partial charge in [0.1, 0.15) is 11.6 Å². The predicted octanol–water partition coefficient (Wildman–Crippen LogP) is 3.23. The van der Waals surface area contributed by atoms with Crippen LogP contribution in [0.25, 0.3) is 0 Å². The maximum absolute atomic E-state index is 13.4. The van der Waals surface area contributed by atoms with Gasteiger partial charge in [-0.15, -0.1) is 0 Å².